The number of fused-ring (bicyclic) bond motifs is 1. The van der Waals surface area contributed by atoms with E-state index in [1.165, 1.54) is 0 Å². The van der Waals surface area contributed by atoms with Gasteiger partial charge in [0.05, 0.1) is 12.2 Å². The van der Waals surface area contributed by atoms with Gasteiger partial charge < -0.3 is 9.47 Å². The van der Waals surface area contributed by atoms with E-state index in [0.29, 0.717) is 6.61 Å². The van der Waals surface area contributed by atoms with Crippen molar-refractivity contribution in [2.24, 2.45) is 23.7 Å². The van der Waals surface area contributed by atoms with E-state index in [1.807, 2.05) is 34.6 Å². The zero-order valence-electron chi connectivity index (χ0n) is 14.5. The van der Waals surface area contributed by atoms with Crippen LogP contribution >= 0.6 is 0 Å². The summed E-state index contributed by atoms with van der Waals surface area (Å²) in [5.74, 6) is -1.18. The van der Waals surface area contributed by atoms with Gasteiger partial charge in [-0.1, -0.05) is 27.7 Å². The van der Waals surface area contributed by atoms with E-state index in [4.69, 9.17) is 13.7 Å². The summed E-state index contributed by atoms with van der Waals surface area (Å²) < 4.78 is 42.0. The largest absolute Gasteiger partial charge is 0.465 e. The highest BCUT2D eigenvalue weighted by atomic mass is 32.2. The highest BCUT2D eigenvalue weighted by Crippen LogP contribution is 2.66. The summed E-state index contributed by atoms with van der Waals surface area (Å²) in [6.45, 7) is 11.7. The number of hydrogen-bond donors (Lipinski definition) is 0. The predicted octanol–water partition coefficient (Wildman–Crippen LogP) is 1.73. The van der Waals surface area contributed by atoms with E-state index >= 15 is 0 Å². The maximum Gasteiger partial charge on any atom is 0.314 e. The maximum absolute atomic E-state index is 12.7. The Labute approximate surface area is 138 Å². The molecule has 132 valence electrons. The van der Waals surface area contributed by atoms with Gasteiger partial charge in [-0.25, -0.2) is 0 Å². The monoisotopic (exact) mass is 346 g/mol. The summed E-state index contributed by atoms with van der Waals surface area (Å²) >= 11 is 0. The van der Waals surface area contributed by atoms with Crippen molar-refractivity contribution in [3.05, 3.63) is 0 Å². The molecule has 0 N–H and O–H groups in total. The third-order valence-corrected chi connectivity index (χ3v) is 7.42. The molecule has 3 heterocycles. The average molecular weight is 346 g/mol. The Morgan fingerprint density at radius 3 is 2.30 bits per heavy atom. The van der Waals surface area contributed by atoms with Gasteiger partial charge in [0.2, 0.25) is 0 Å². The summed E-state index contributed by atoms with van der Waals surface area (Å²) in [5.41, 5.74) is -1.86. The van der Waals surface area contributed by atoms with Crippen LogP contribution in [0.25, 0.3) is 0 Å². The van der Waals surface area contributed by atoms with Gasteiger partial charge in [0.15, 0.2) is 0 Å². The fourth-order valence-electron chi connectivity index (χ4n) is 4.91. The Balaban J connectivity index is 2.03. The number of esters is 1. The molecule has 0 aromatic rings. The van der Waals surface area contributed by atoms with Crippen molar-refractivity contribution >= 4 is 16.1 Å². The lowest BCUT2D eigenvalue weighted by molar-refractivity contribution is -0.159. The quantitative estimate of drug-likeness (QED) is 0.570. The van der Waals surface area contributed by atoms with E-state index in [9.17, 15) is 13.2 Å². The van der Waals surface area contributed by atoms with Crippen LogP contribution in [-0.2, 0) is 28.6 Å². The van der Waals surface area contributed by atoms with Crippen LogP contribution in [0.4, 0.5) is 0 Å². The first-order valence-electron chi connectivity index (χ1n) is 8.24. The van der Waals surface area contributed by atoms with E-state index in [-0.39, 0.29) is 17.8 Å². The zero-order chi connectivity index (χ0) is 17.4. The minimum absolute atomic E-state index is 0.0460. The van der Waals surface area contributed by atoms with Crippen LogP contribution in [0.15, 0.2) is 0 Å². The molecule has 3 aliphatic rings. The summed E-state index contributed by atoms with van der Waals surface area (Å²) in [5, 5.41) is -0.723. The van der Waals surface area contributed by atoms with Gasteiger partial charge in [0.25, 0.3) is 10.1 Å². The fourth-order valence-corrected chi connectivity index (χ4v) is 7.32. The molecule has 2 bridgehead atoms. The first-order valence-corrected chi connectivity index (χ1v) is 9.71. The summed E-state index contributed by atoms with van der Waals surface area (Å²) in [6, 6.07) is 0. The average Bonchev–Trinajstić information content (AvgIpc) is 2.80. The van der Waals surface area contributed by atoms with Gasteiger partial charge in [0.1, 0.15) is 22.9 Å². The van der Waals surface area contributed by atoms with Crippen molar-refractivity contribution in [3.63, 3.8) is 0 Å². The number of carbonyl (C=O) groups excluding carboxylic acids is 1. The normalized spacial score (nSPS) is 46.8. The molecule has 3 aliphatic heterocycles. The molecule has 0 saturated carbocycles. The van der Waals surface area contributed by atoms with E-state index in [0.717, 1.165) is 0 Å². The van der Waals surface area contributed by atoms with Crippen molar-refractivity contribution in [1.82, 2.24) is 0 Å². The smallest absolute Gasteiger partial charge is 0.314 e. The molecule has 6 nitrogen and oxygen atoms in total. The first-order chi connectivity index (χ1) is 10.4. The van der Waals surface area contributed by atoms with Crippen LogP contribution < -0.4 is 0 Å². The Morgan fingerprint density at radius 2 is 1.78 bits per heavy atom. The minimum Gasteiger partial charge on any atom is -0.465 e. The number of rotatable bonds is 4. The van der Waals surface area contributed by atoms with Crippen molar-refractivity contribution in [2.75, 3.05) is 6.61 Å². The molecule has 0 radical (unpaired) electrons. The van der Waals surface area contributed by atoms with Gasteiger partial charge in [-0.3, -0.25) is 8.98 Å². The highest BCUT2D eigenvalue weighted by Gasteiger charge is 2.82. The van der Waals surface area contributed by atoms with E-state index in [2.05, 4.69) is 0 Å². The van der Waals surface area contributed by atoms with Gasteiger partial charge in [-0.2, -0.15) is 8.42 Å². The third kappa shape index (κ3) is 2.12. The van der Waals surface area contributed by atoms with Crippen molar-refractivity contribution < 1.29 is 26.9 Å². The zero-order valence-corrected chi connectivity index (χ0v) is 15.3. The maximum atomic E-state index is 12.7. The Bertz CT molecular complexity index is 626. The van der Waals surface area contributed by atoms with Crippen molar-refractivity contribution in [3.8, 4) is 0 Å². The van der Waals surface area contributed by atoms with Crippen LogP contribution in [0.5, 0.6) is 0 Å². The molecule has 0 spiro atoms. The minimum atomic E-state index is -3.75. The second-order valence-electron chi connectivity index (χ2n) is 8.17. The van der Waals surface area contributed by atoms with E-state index in [1.54, 1.807) is 6.92 Å². The molecule has 0 aromatic carbocycles. The topological polar surface area (TPSA) is 78.9 Å². The van der Waals surface area contributed by atoms with Crippen LogP contribution in [0.3, 0.4) is 0 Å². The molecule has 6 unspecified atom stereocenters. The molecular weight excluding hydrogens is 320 g/mol. The van der Waals surface area contributed by atoms with Gasteiger partial charge in [-0.15, -0.1) is 0 Å². The summed E-state index contributed by atoms with van der Waals surface area (Å²) in [7, 11) is -3.75. The second-order valence-corrected chi connectivity index (χ2v) is 9.86. The molecule has 6 atom stereocenters. The Morgan fingerprint density at radius 1 is 1.17 bits per heavy atom. The number of ether oxygens (including phenoxy) is 2. The third-order valence-electron chi connectivity index (χ3n) is 5.56. The van der Waals surface area contributed by atoms with E-state index < -0.39 is 44.6 Å². The van der Waals surface area contributed by atoms with Crippen LogP contribution in [0.1, 0.15) is 41.5 Å². The Kier molecular flexibility index (Phi) is 3.68. The lowest BCUT2D eigenvalue weighted by atomic mass is 9.63. The SMILES string of the molecule is CC(C)COC(=O)C1C2OS(=O)(=O)C3C(C(C)C)C1(C)OC23C. The lowest BCUT2D eigenvalue weighted by Crippen LogP contribution is -2.56. The molecule has 3 rings (SSSR count). The predicted molar refractivity (Wildman–Crippen MR) is 83.1 cm³/mol. The lowest BCUT2D eigenvalue weighted by Gasteiger charge is -2.38. The molecular formula is C16H26O6S. The molecule has 0 amide bonds. The molecule has 3 fully saturated rings. The van der Waals surface area contributed by atoms with Gasteiger partial charge in [-0.05, 0) is 25.7 Å². The van der Waals surface area contributed by atoms with Crippen molar-refractivity contribution in [2.45, 2.75) is 64.1 Å². The molecule has 0 aliphatic carbocycles. The van der Waals surface area contributed by atoms with Crippen LogP contribution in [0, 0.1) is 23.7 Å². The number of carbonyl (C=O) groups is 1. The highest BCUT2D eigenvalue weighted by molar-refractivity contribution is 7.87. The first kappa shape index (κ1) is 17.2. The molecule has 7 heteroatoms. The van der Waals surface area contributed by atoms with Crippen LogP contribution in [-0.4, -0.2) is 43.5 Å². The standard InChI is InChI=1S/C16H26O6S/c1-8(2)7-20-14(17)11-12-16(6)13(23(18,19)21-12)10(9(3)4)15(11,5)22-16/h8-13H,7H2,1-6H3. The van der Waals surface area contributed by atoms with Crippen molar-refractivity contribution in [1.29, 1.82) is 0 Å². The fraction of sp³-hybridized carbons (Fsp3) is 0.938. The molecule has 3 saturated heterocycles. The Hall–Kier alpha value is -0.660. The van der Waals surface area contributed by atoms with Gasteiger partial charge >= 0.3 is 5.97 Å². The summed E-state index contributed by atoms with van der Waals surface area (Å²) in [6.07, 6.45) is -0.794. The summed E-state index contributed by atoms with van der Waals surface area (Å²) in [4.78, 5) is 12.7. The van der Waals surface area contributed by atoms with Gasteiger partial charge in [0, 0.05) is 5.92 Å². The molecule has 23 heavy (non-hydrogen) atoms. The second kappa shape index (κ2) is 4.92. The van der Waals surface area contributed by atoms with Crippen LogP contribution in [0.2, 0.25) is 0 Å². The number of hydrogen-bond acceptors (Lipinski definition) is 6. The molecule has 0 aromatic heterocycles.